The van der Waals surface area contributed by atoms with Crippen LogP contribution in [0.1, 0.15) is 34.0 Å². The lowest BCUT2D eigenvalue weighted by atomic mass is 9.78. The van der Waals surface area contributed by atoms with Gasteiger partial charge in [0.05, 0.1) is 29.2 Å². The van der Waals surface area contributed by atoms with Crippen LogP contribution in [0, 0.1) is 11.3 Å². The molecule has 0 radical (unpaired) electrons. The normalized spacial score (nSPS) is 19.3. The van der Waals surface area contributed by atoms with Gasteiger partial charge in [-0.15, -0.1) is 0 Å². The largest absolute Gasteiger partial charge is 0.495 e. The van der Waals surface area contributed by atoms with E-state index in [0.717, 1.165) is 11.1 Å². The molecule has 3 nitrogen and oxygen atoms in total. The molecule has 116 valence electrons. The van der Waals surface area contributed by atoms with Crippen molar-refractivity contribution in [1.82, 2.24) is 0 Å². The van der Waals surface area contributed by atoms with Crippen LogP contribution in [0.4, 0.5) is 0 Å². The van der Waals surface area contributed by atoms with Gasteiger partial charge in [0.15, 0.2) is 5.78 Å². The second kappa shape index (κ2) is 5.56. The number of nitrogens with zero attached hydrogens (tertiary/aromatic N) is 1. The highest BCUT2D eigenvalue weighted by molar-refractivity contribution is 6.45. The minimum atomic E-state index is -0.727. The molecule has 0 bridgehead atoms. The first-order valence-corrected chi connectivity index (χ1v) is 7.78. The first kappa shape index (κ1) is 15.9. The maximum atomic E-state index is 13.0. The third-order valence-electron chi connectivity index (χ3n) is 4.40. The molecule has 0 saturated heterocycles. The number of halogens is 2. The Labute approximate surface area is 144 Å². The van der Waals surface area contributed by atoms with Crippen molar-refractivity contribution in [2.75, 3.05) is 7.11 Å². The van der Waals surface area contributed by atoms with Crippen LogP contribution in [0.25, 0.3) is 0 Å². The molecule has 0 aliphatic heterocycles. The summed E-state index contributed by atoms with van der Waals surface area (Å²) in [5.41, 5.74) is 1.97. The lowest BCUT2D eigenvalue weighted by molar-refractivity contribution is 0.0915. The Balaban J connectivity index is 2.12. The summed E-state index contributed by atoms with van der Waals surface area (Å²) in [4.78, 5) is 13.0. The lowest BCUT2D eigenvalue weighted by Crippen LogP contribution is -2.29. The molecule has 3 rings (SSSR count). The van der Waals surface area contributed by atoms with Gasteiger partial charge in [-0.3, -0.25) is 4.79 Å². The Kier molecular flexibility index (Phi) is 3.83. The molecule has 0 aromatic heterocycles. The summed E-state index contributed by atoms with van der Waals surface area (Å²) >= 11 is 12.5. The van der Waals surface area contributed by atoms with Crippen molar-refractivity contribution in [3.05, 3.63) is 62.6 Å². The fourth-order valence-corrected chi connectivity index (χ4v) is 3.60. The highest BCUT2D eigenvalue weighted by Crippen LogP contribution is 2.47. The van der Waals surface area contributed by atoms with Gasteiger partial charge in [-0.05, 0) is 42.7 Å². The number of methoxy groups -OCH3 is 1. The molecule has 5 heteroatoms. The third kappa shape index (κ3) is 2.30. The number of ketones is 1. The number of nitriles is 1. The smallest absolute Gasteiger partial charge is 0.175 e. The maximum Gasteiger partial charge on any atom is 0.175 e. The second-order valence-electron chi connectivity index (χ2n) is 5.77. The number of rotatable bonds is 2. The summed E-state index contributed by atoms with van der Waals surface area (Å²) in [6, 6.07) is 10.9. The standard InChI is InChI=1S/C18H13Cl2NO2/c1-18(12-5-3-10(9-21)4-6-12)8-11-7-13(23-2)15(19)16(20)14(11)17(18)22/h3-7H,8H2,1-2H3. The molecule has 1 unspecified atom stereocenters. The number of fused-ring (bicyclic) bond motifs is 1. The molecule has 0 spiro atoms. The molecule has 2 aromatic rings. The number of Topliss-reactive ketones (excluding diaryl/α,β-unsaturated/α-hetero) is 1. The van der Waals surface area contributed by atoms with Crippen molar-refractivity contribution < 1.29 is 9.53 Å². The van der Waals surface area contributed by atoms with Crippen molar-refractivity contribution in [1.29, 1.82) is 5.26 Å². The molecule has 1 aliphatic carbocycles. The minimum absolute atomic E-state index is 0.0632. The van der Waals surface area contributed by atoms with E-state index >= 15 is 0 Å². The maximum absolute atomic E-state index is 13.0. The predicted molar refractivity (Wildman–Crippen MR) is 89.6 cm³/mol. The van der Waals surface area contributed by atoms with E-state index in [1.807, 2.05) is 19.1 Å². The van der Waals surface area contributed by atoms with Crippen LogP contribution >= 0.6 is 23.2 Å². The van der Waals surface area contributed by atoms with Gasteiger partial charge in [-0.2, -0.15) is 5.26 Å². The summed E-state index contributed by atoms with van der Waals surface area (Å²) < 4.78 is 5.23. The Bertz CT molecular complexity index is 853. The van der Waals surface area contributed by atoms with Crippen LogP contribution in [-0.4, -0.2) is 12.9 Å². The summed E-state index contributed by atoms with van der Waals surface area (Å²) in [5.74, 6) is 0.402. The van der Waals surface area contributed by atoms with E-state index in [4.69, 9.17) is 33.2 Å². The number of carbonyl (C=O) groups is 1. The Morgan fingerprint density at radius 3 is 2.43 bits per heavy atom. The number of ether oxygens (including phenoxy) is 1. The lowest BCUT2D eigenvalue weighted by Gasteiger charge is -2.22. The molecule has 23 heavy (non-hydrogen) atoms. The van der Waals surface area contributed by atoms with E-state index in [1.165, 1.54) is 7.11 Å². The monoisotopic (exact) mass is 345 g/mol. The zero-order chi connectivity index (χ0) is 16.8. The molecule has 0 saturated carbocycles. The SMILES string of the molecule is COc1cc2c(c(Cl)c1Cl)C(=O)C(C)(c1ccc(C#N)cc1)C2. The number of hydrogen-bond acceptors (Lipinski definition) is 3. The van der Waals surface area contributed by atoms with Gasteiger partial charge in [0.1, 0.15) is 10.8 Å². The molecule has 0 heterocycles. The average Bonchev–Trinajstić information content (AvgIpc) is 2.83. The molecule has 0 N–H and O–H groups in total. The van der Waals surface area contributed by atoms with Gasteiger partial charge in [-0.1, -0.05) is 35.3 Å². The van der Waals surface area contributed by atoms with Crippen molar-refractivity contribution in [3.63, 3.8) is 0 Å². The molecule has 1 atom stereocenters. The van der Waals surface area contributed by atoms with Crippen molar-refractivity contribution in [2.45, 2.75) is 18.8 Å². The van der Waals surface area contributed by atoms with Crippen molar-refractivity contribution >= 4 is 29.0 Å². The van der Waals surface area contributed by atoms with E-state index in [-0.39, 0.29) is 15.8 Å². The molecule has 0 amide bonds. The highest BCUT2D eigenvalue weighted by atomic mass is 35.5. The topological polar surface area (TPSA) is 50.1 Å². The van der Waals surface area contributed by atoms with Crippen molar-refractivity contribution in [2.24, 2.45) is 0 Å². The zero-order valence-electron chi connectivity index (χ0n) is 12.6. The molecular weight excluding hydrogens is 333 g/mol. The van der Waals surface area contributed by atoms with Gasteiger partial charge in [0, 0.05) is 5.56 Å². The van der Waals surface area contributed by atoms with E-state index in [0.29, 0.717) is 23.3 Å². The van der Waals surface area contributed by atoms with E-state index in [9.17, 15) is 4.79 Å². The van der Waals surface area contributed by atoms with Gasteiger partial charge < -0.3 is 4.74 Å². The molecular formula is C18H13Cl2NO2. The van der Waals surface area contributed by atoms with Crippen molar-refractivity contribution in [3.8, 4) is 11.8 Å². The summed E-state index contributed by atoms with van der Waals surface area (Å²) in [6.45, 7) is 1.88. The Morgan fingerprint density at radius 2 is 1.87 bits per heavy atom. The quantitative estimate of drug-likeness (QED) is 0.800. The average molecular weight is 346 g/mol. The predicted octanol–water partition coefficient (Wildman–Crippen LogP) is 4.57. The van der Waals surface area contributed by atoms with Crippen LogP contribution in [-0.2, 0) is 11.8 Å². The van der Waals surface area contributed by atoms with E-state index in [1.54, 1.807) is 18.2 Å². The van der Waals surface area contributed by atoms with Crippen LogP contribution in [0.3, 0.4) is 0 Å². The summed E-state index contributed by atoms with van der Waals surface area (Å²) in [7, 11) is 1.51. The van der Waals surface area contributed by atoms with Gasteiger partial charge in [0.25, 0.3) is 0 Å². The molecule has 1 aliphatic rings. The first-order valence-electron chi connectivity index (χ1n) is 7.02. The fraction of sp³-hybridized carbons (Fsp3) is 0.222. The van der Waals surface area contributed by atoms with Gasteiger partial charge >= 0.3 is 0 Å². The van der Waals surface area contributed by atoms with Crippen LogP contribution in [0.15, 0.2) is 30.3 Å². The number of benzene rings is 2. The van der Waals surface area contributed by atoms with Crippen LogP contribution in [0.2, 0.25) is 10.0 Å². The number of carbonyl (C=O) groups excluding carboxylic acids is 1. The van der Waals surface area contributed by atoms with Crippen LogP contribution < -0.4 is 4.74 Å². The third-order valence-corrected chi connectivity index (χ3v) is 5.25. The van der Waals surface area contributed by atoms with Gasteiger partial charge in [0.2, 0.25) is 0 Å². The Hall–Kier alpha value is -2.02. The molecule has 0 fully saturated rings. The molecule has 2 aromatic carbocycles. The van der Waals surface area contributed by atoms with Gasteiger partial charge in [-0.25, -0.2) is 0 Å². The zero-order valence-corrected chi connectivity index (χ0v) is 14.1. The Morgan fingerprint density at radius 1 is 1.22 bits per heavy atom. The van der Waals surface area contributed by atoms with E-state index < -0.39 is 5.41 Å². The minimum Gasteiger partial charge on any atom is -0.495 e. The second-order valence-corrected chi connectivity index (χ2v) is 6.52. The highest BCUT2D eigenvalue weighted by Gasteiger charge is 2.45. The fourth-order valence-electron chi connectivity index (χ4n) is 3.07. The summed E-state index contributed by atoms with van der Waals surface area (Å²) in [6.07, 6.45) is 0.514. The summed E-state index contributed by atoms with van der Waals surface area (Å²) in [5, 5.41) is 9.41. The van der Waals surface area contributed by atoms with Crippen LogP contribution in [0.5, 0.6) is 5.75 Å². The number of hydrogen-bond donors (Lipinski definition) is 0. The first-order chi connectivity index (χ1) is 10.9. The van der Waals surface area contributed by atoms with E-state index in [2.05, 4.69) is 6.07 Å².